The van der Waals surface area contributed by atoms with Gasteiger partial charge in [0.15, 0.2) is 0 Å². The molecule has 0 N–H and O–H groups in total. The average molecular weight is 506 g/mol. The molecule has 0 fully saturated rings. The Kier molecular flexibility index (Phi) is 7.18. The van der Waals surface area contributed by atoms with Crippen molar-refractivity contribution in [1.29, 1.82) is 0 Å². The molecule has 1 aromatic heterocycles. The summed E-state index contributed by atoms with van der Waals surface area (Å²) < 4.78 is 12.5. The average Bonchev–Trinajstić information content (AvgIpc) is 2.74. The minimum absolute atomic E-state index is 0.183. The summed E-state index contributed by atoms with van der Waals surface area (Å²) in [5.74, 6) is 3.17. The van der Waals surface area contributed by atoms with Crippen molar-refractivity contribution < 1.29 is 9.15 Å². The Morgan fingerprint density at radius 1 is 0.730 bits per heavy atom. The molecule has 4 nitrogen and oxygen atoms in total. The van der Waals surface area contributed by atoms with E-state index in [0.29, 0.717) is 5.57 Å². The van der Waals surface area contributed by atoms with E-state index in [4.69, 9.17) is 9.15 Å². The topological polar surface area (TPSA) is 54.7 Å². The number of hydrogen-bond acceptors (Lipinski definition) is 3. The van der Waals surface area contributed by atoms with Crippen molar-refractivity contribution in [2.75, 3.05) is 0 Å². The van der Waals surface area contributed by atoms with Crippen molar-refractivity contribution in [2.45, 2.75) is 101 Å². The quantitative estimate of drug-likeness (QED) is 0.452. The first-order valence-corrected chi connectivity index (χ1v) is 13.2. The van der Waals surface area contributed by atoms with Crippen LogP contribution in [0.4, 0.5) is 0 Å². The van der Waals surface area contributed by atoms with Gasteiger partial charge in [-0.15, -0.1) is 0 Å². The molecule has 2 heterocycles. The molecule has 0 aliphatic carbocycles. The second-order valence-corrected chi connectivity index (χ2v) is 14.6. The van der Waals surface area contributed by atoms with Gasteiger partial charge in [-0.2, -0.15) is 0 Å². The summed E-state index contributed by atoms with van der Waals surface area (Å²) in [6.45, 7) is 27.0. The van der Waals surface area contributed by atoms with Gasteiger partial charge in [0.05, 0.1) is 21.3 Å². The lowest BCUT2D eigenvalue weighted by Gasteiger charge is -2.33. The van der Waals surface area contributed by atoms with Gasteiger partial charge >= 0.3 is 11.5 Å². The van der Waals surface area contributed by atoms with Gasteiger partial charge in [0.1, 0.15) is 11.5 Å². The van der Waals surface area contributed by atoms with E-state index >= 15 is 0 Å². The minimum Gasteiger partial charge on any atom is -0.466 e. The third-order valence-corrected chi connectivity index (χ3v) is 6.77. The molecule has 0 atom stereocenters. The highest BCUT2D eigenvalue weighted by atomic mass is 16.5. The normalized spacial score (nSPS) is 15.8. The summed E-state index contributed by atoms with van der Waals surface area (Å²) >= 11 is 0. The fourth-order valence-corrected chi connectivity index (χ4v) is 4.19. The maximum atomic E-state index is 13.3. The van der Waals surface area contributed by atoms with E-state index in [1.54, 1.807) is 6.08 Å². The summed E-state index contributed by atoms with van der Waals surface area (Å²) in [6.07, 6.45) is 5.82. The Morgan fingerprint density at radius 3 is 1.49 bits per heavy atom. The van der Waals surface area contributed by atoms with Gasteiger partial charge in [-0.1, -0.05) is 47.6 Å². The smallest absolute Gasteiger partial charge is 0.335 e. The molecule has 2 aromatic rings. The summed E-state index contributed by atoms with van der Waals surface area (Å²) in [6, 6.07) is 3.93. The van der Waals surface area contributed by atoms with Crippen molar-refractivity contribution >= 4 is 11.6 Å². The minimum atomic E-state index is -0.211. The number of allylic oxidation sites excluding steroid dienone is 4. The standard InChI is InChI=1S/C33H45O4/c1-19(21-17-25(32(8,9)10)37-26(18-21)33(11,12)13)27-28(34)22(29(27)35)14-20-15-23(30(2,3)4)36-24(16-20)31(5,6)7/h14-18,20H,1-13H3/q+1. The van der Waals surface area contributed by atoms with Crippen LogP contribution in [0.1, 0.15) is 107 Å². The molecule has 1 aromatic carbocycles. The lowest BCUT2D eigenvalue weighted by molar-refractivity contribution is 0.155. The lowest BCUT2D eigenvalue weighted by atomic mass is 9.85. The van der Waals surface area contributed by atoms with E-state index in [1.807, 2.05) is 31.2 Å². The van der Waals surface area contributed by atoms with E-state index in [9.17, 15) is 9.59 Å². The zero-order valence-electron chi connectivity index (χ0n) is 25.1. The molecule has 0 saturated carbocycles. The summed E-state index contributed by atoms with van der Waals surface area (Å²) in [7, 11) is 0. The fraction of sp³-hybridized carbons (Fsp3) is 0.545. The van der Waals surface area contributed by atoms with Crippen molar-refractivity contribution in [3.63, 3.8) is 0 Å². The largest absolute Gasteiger partial charge is 0.466 e. The molecule has 0 radical (unpaired) electrons. The molecule has 4 heteroatoms. The van der Waals surface area contributed by atoms with Crippen LogP contribution >= 0.6 is 0 Å². The van der Waals surface area contributed by atoms with Crippen LogP contribution in [-0.4, -0.2) is 0 Å². The van der Waals surface area contributed by atoms with Crippen LogP contribution in [0.15, 0.2) is 49.8 Å². The molecule has 0 amide bonds. The van der Waals surface area contributed by atoms with E-state index in [1.165, 1.54) is 0 Å². The fourth-order valence-electron chi connectivity index (χ4n) is 4.19. The second-order valence-electron chi connectivity index (χ2n) is 14.6. The van der Waals surface area contributed by atoms with Gasteiger partial charge in [-0.3, -0.25) is 9.59 Å². The van der Waals surface area contributed by atoms with Crippen LogP contribution in [0, 0.1) is 16.7 Å². The summed E-state index contributed by atoms with van der Waals surface area (Å²) in [4.78, 5) is 26.7. The molecule has 1 aliphatic heterocycles. The summed E-state index contributed by atoms with van der Waals surface area (Å²) in [5.41, 5.74) is 0.362. The highest BCUT2D eigenvalue weighted by Crippen LogP contribution is 2.39. The van der Waals surface area contributed by atoms with Crippen molar-refractivity contribution in [2.24, 2.45) is 16.7 Å². The highest BCUT2D eigenvalue weighted by molar-refractivity contribution is 5.65. The van der Waals surface area contributed by atoms with Gasteiger partial charge in [-0.05, 0) is 71.8 Å². The zero-order valence-corrected chi connectivity index (χ0v) is 25.1. The Hall–Kier alpha value is -2.75. The molecular weight excluding hydrogens is 460 g/mol. The van der Waals surface area contributed by atoms with Crippen LogP contribution in [0.25, 0.3) is 11.6 Å². The number of ether oxygens (including phenoxy) is 1. The van der Waals surface area contributed by atoms with Gasteiger partial charge in [0, 0.05) is 28.9 Å². The van der Waals surface area contributed by atoms with Gasteiger partial charge in [0.2, 0.25) is 10.9 Å². The third kappa shape index (κ3) is 6.05. The first-order chi connectivity index (χ1) is 16.6. The maximum Gasteiger partial charge on any atom is 0.335 e. The Morgan fingerprint density at radius 2 is 1.14 bits per heavy atom. The van der Waals surface area contributed by atoms with Gasteiger partial charge in [-0.25, -0.2) is 4.42 Å². The van der Waals surface area contributed by atoms with Crippen molar-refractivity contribution in [1.82, 2.24) is 0 Å². The SMILES string of the molecule is CC(c1cc(C(C)(C)C)[o+]c(C(C)(C)C)c1)=c1c(=O)c(=CC2C=C(C(C)(C)C)OC(C(C)(C)C)=C2)c1=O. The lowest BCUT2D eigenvalue weighted by Crippen LogP contribution is -2.65. The van der Waals surface area contributed by atoms with E-state index in [-0.39, 0.29) is 48.9 Å². The molecule has 0 unspecified atom stereocenters. The molecular formula is C33H45O4+. The molecule has 3 rings (SSSR count). The van der Waals surface area contributed by atoms with E-state index < -0.39 is 0 Å². The molecule has 0 bridgehead atoms. The van der Waals surface area contributed by atoms with Crippen molar-refractivity contribution in [3.05, 3.63) is 83.8 Å². The molecule has 0 spiro atoms. The predicted molar refractivity (Wildman–Crippen MR) is 153 cm³/mol. The maximum absolute atomic E-state index is 13.3. The summed E-state index contributed by atoms with van der Waals surface area (Å²) in [5, 5.41) is 0.521. The first-order valence-electron chi connectivity index (χ1n) is 13.2. The van der Waals surface area contributed by atoms with Crippen LogP contribution in [0.3, 0.4) is 0 Å². The number of rotatable bonds is 2. The highest BCUT2D eigenvalue weighted by Gasteiger charge is 2.34. The predicted octanol–water partition coefficient (Wildman–Crippen LogP) is 6.26. The van der Waals surface area contributed by atoms with Gasteiger partial charge in [0.25, 0.3) is 0 Å². The molecule has 200 valence electrons. The van der Waals surface area contributed by atoms with Crippen LogP contribution in [0.5, 0.6) is 0 Å². The van der Waals surface area contributed by atoms with E-state index in [2.05, 4.69) is 83.1 Å². The molecule has 0 saturated heterocycles. The first kappa shape index (κ1) is 28.8. The van der Waals surface area contributed by atoms with Gasteiger partial charge < -0.3 is 4.74 Å². The van der Waals surface area contributed by atoms with Crippen LogP contribution in [-0.2, 0) is 15.6 Å². The van der Waals surface area contributed by atoms with E-state index in [0.717, 1.165) is 28.6 Å². The molecule has 1 aliphatic rings. The Labute approximate surface area is 222 Å². The Bertz CT molecular complexity index is 1370. The number of hydrogen-bond donors (Lipinski definition) is 0. The molecule has 37 heavy (non-hydrogen) atoms. The Balaban J connectivity index is 2.20. The van der Waals surface area contributed by atoms with Crippen LogP contribution in [0.2, 0.25) is 0 Å². The van der Waals surface area contributed by atoms with Crippen LogP contribution < -0.4 is 21.3 Å². The third-order valence-electron chi connectivity index (χ3n) is 6.77. The van der Waals surface area contributed by atoms with Crippen molar-refractivity contribution in [3.8, 4) is 0 Å². The monoisotopic (exact) mass is 505 g/mol. The zero-order chi connectivity index (χ0) is 28.3. The second kappa shape index (κ2) is 9.22.